The number of nitrogens with zero attached hydrogens (tertiary/aromatic N) is 2. The molecular formula is C22H25N3O4. The van der Waals surface area contributed by atoms with E-state index in [1.807, 2.05) is 25.1 Å². The van der Waals surface area contributed by atoms with Gasteiger partial charge in [0.15, 0.2) is 0 Å². The summed E-state index contributed by atoms with van der Waals surface area (Å²) in [7, 11) is 3.11. The van der Waals surface area contributed by atoms with E-state index in [9.17, 15) is 9.59 Å². The second-order valence-corrected chi connectivity index (χ2v) is 7.13. The summed E-state index contributed by atoms with van der Waals surface area (Å²) in [6.07, 6.45) is 0. The smallest absolute Gasteiger partial charge is 0.275 e. The van der Waals surface area contributed by atoms with Gasteiger partial charge < -0.3 is 14.8 Å². The van der Waals surface area contributed by atoms with Crippen LogP contribution in [0.25, 0.3) is 10.8 Å². The number of hydrogen-bond acceptors (Lipinski definition) is 5. The SMILES string of the molecule is COc1cc(C)c(NC(=O)Cn2nc(OC)c3ccccc3c2=O)cc1C(C)C. The monoisotopic (exact) mass is 395 g/mol. The third-order valence-electron chi connectivity index (χ3n) is 4.79. The van der Waals surface area contributed by atoms with Gasteiger partial charge in [-0.25, -0.2) is 4.68 Å². The van der Waals surface area contributed by atoms with Crippen molar-refractivity contribution in [1.29, 1.82) is 0 Å². The molecule has 1 N–H and O–H groups in total. The molecule has 3 aromatic rings. The topological polar surface area (TPSA) is 82.4 Å². The van der Waals surface area contributed by atoms with E-state index >= 15 is 0 Å². The molecule has 0 radical (unpaired) electrons. The number of carbonyl (C=O) groups excluding carboxylic acids is 1. The Labute approximate surface area is 169 Å². The van der Waals surface area contributed by atoms with Crippen LogP contribution in [0.2, 0.25) is 0 Å². The molecule has 0 saturated heterocycles. The number of benzene rings is 2. The standard InChI is InChI=1S/C22H25N3O4/c1-13(2)17-11-18(14(3)10-19(17)28-4)23-20(26)12-25-22(27)16-9-7-6-8-15(16)21(24-25)29-5/h6-11,13H,12H2,1-5H3,(H,23,26). The highest BCUT2D eigenvalue weighted by Gasteiger charge is 2.16. The molecule has 0 atom stereocenters. The third-order valence-corrected chi connectivity index (χ3v) is 4.79. The van der Waals surface area contributed by atoms with Crippen LogP contribution >= 0.6 is 0 Å². The predicted octanol–water partition coefficient (Wildman–Crippen LogP) is 3.48. The van der Waals surface area contributed by atoms with Crippen molar-refractivity contribution in [2.24, 2.45) is 0 Å². The molecule has 2 aromatic carbocycles. The fraction of sp³-hybridized carbons (Fsp3) is 0.318. The molecule has 0 fully saturated rings. The molecule has 1 heterocycles. The van der Waals surface area contributed by atoms with Gasteiger partial charge in [0.05, 0.1) is 25.0 Å². The Kier molecular flexibility index (Phi) is 5.87. The molecule has 1 aromatic heterocycles. The number of methoxy groups -OCH3 is 2. The molecule has 3 rings (SSSR count). The molecule has 0 spiro atoms. The van der Waals surface area contributed by atoms with Crippen molar-refractivity contribution in [1.82, 2.24) is 9.78 Å². The van der Waals surface area contributed by atoms with Crippen molar-refractivity contribution in [3.8, 4) is 11.6 Å². The number of carbonyl (C=O) groups is 1. The van der Waals surface area contributed by atoms with Crippen LogP contribution in [-0.2, 0) is 11.3 Å². The van der Waals surface area contributed by atoms with Crippen LogP contribution in [-0.4, -0.2) is 29.9 Å². The maximum Gasteiger partial charge on any atom is 0.275 e. The van der Waals surface area contributed by atoms with Crippen molar-refractivity contribution in [3.05, 3.63) is 57.9 Å². The molecule has 7 nitrogen and oxygen atoms in total. The van der Waals surface area contributed by atoms with Gasteiger partial charge in [0.1, 0.15) is 12.3 Å². The summed E-state index contributed by atoms with van der Waals surface area (Å²) in [4.78, 5) is 25.4. The summed E-state index contributed by atoms with van der Waals surface area (Å²) in [5.74, 6) is 0.971. The molecule has 0 aliphatic heterocycles. The van der Waals surface area contributed by atoms with E-state index in [4.69, 9.17) is 9.47 Å². The molecule has 0 aliphatic rings. The Morgan fingerprint density at radius 1 is 1.14 bits per heavy atom. The summed E-state index contributed by atoms with van der Waals surface area (Å²) in [6.45, 7) is 5.79. The first-order valence-electron chi connectivity index (χ1n) is 9.38. The first-order valence-corrected chi connectivity index (χ1v) is 9.38. The maximum atomic E-state index is 12.7. The molecule has 1 amide bonds. The lowest BCUT2D eigenvalue weighted by Crippen LogP contribution is -2.30. The van der Waals surface area contributed by atoms with Crippen LogP contribution in [0, 0.1) is 6.92 Å². The lowest BCUT2D eigenvalue weighted by Gasteiger charge is -2.17. The maximum absolute atomic E-state index is 12.7. The largest absolute Gasteiger partial charge is 0.496 e. The van der Waals surface area contributed by atoms with Crippen molar-refractivity contribution in [3.63, 3.8) is 0 Å². The zero-order valence-corrected chi connectivity index (χ0v) is 17.3. The van der Waals surface area contributed by atoms with Gasteiger partial charge in [-0.1, -0.05) is 26.0 Å². The fourth-order valence-corrected chi connectivity index (χ4v) is 3.25. The third kappa shape index (κ3) is 4.08. The summed E-state index contributed by atoms with van der Waals surface area (Å²) < 4.78 is 11.9. The van der Waals surface area contributed by atoms with Gasteiger partial charge in [-0.15, -0.1) is 5.10 Å². The first kappa shape index (κ1) is 20.4. The van der Waals surface area contributed by atoms with Gasteiger partial charge in [-0.2, -0.15) is 0 Å². The Morgan fingerprint density at radius 3 is 2.45 bits per heavy atom. The average Bonchev–Trinajstić information content (AvgIpc) is 2.71. The Morgan fingerprint density at radius 2 is 1.83 bits per heavy atom. The van der Waals surface area contributed by atoms with E-state index in [1.54, 1.807) is 25.3 Å². The van der Waals surface area contributed by atoms with Crippen molar-refractivity contribution < 1.29 is 14.3 Å². The zero-order chi connectivity index (χ0) is 21.1. The lowest BCUT2D eigenvalue weighted by molar-refractivity contribution is -0.117. The van der Waals surface area contributed by atoms with Gasteiger partial charge in [-0.05, 0) is 48.2 Å². The van der Waals surface area contributed by atoms with E-state index in [0.29, 0.717) is 22.3 Å². The highest BCUT2D eigenvalue weighted by molar-refractivity contribution is 5.92. The van der Waals surface area contributed by atoms with Crippen LogP contribution < -0.4 is 20.3 Å². The summed E-state index contributed by atoms with van der Waals surface area (Å²) in [5, 5.41) is 8.15. The number of ether oxygens (including phenoxy) is 2. The highest BCUT2D eigenvalue weighted by Crippen LogP contribution is 2.32. The Balaban J connectivity index is 1.91. The summed E-state index contributed by atoms with van der Waals surface area (Å²) >= 11 is 0. The highest BCUT2D eigenvalue weighted by atomic mass is 16.5. The molecule has 0 saturated carbocycles. The van der Waals surface area contributed by atoms with Gasteiger partial charge >= 0.3 is 0 Å². The minimum absolute atomic E-state index is 0.220. The second-order valence-electron chi connectivity index (χ2n) is 7.13. The van der Waals surface area contributed by atoms with Gasteiger partial charge in [-0.3, -0.25) is 9.59 Å². The lowest BCUT2D eigenvalue weighted by atomic mass is 9.99. The number of amides is 1. The summed E-state index contributed by atoms with van der Waals surface area (Å²) in [5.41, 5.74) is 2.21. The molecular weight excluding hydrogens is 370 g/mol. The van der Waals surface area contributed by atoms with Crippen LogP contribution in [0.15, 0.2) is 41.2 Å². The molecule has 7 heteroatoms. The number of anilines is 1. The van der Waals surface area contributed by atoms with Gasteiger partial charge in [0.25, 0.3) is 5.56 Å². The van der Waals surface area contributed by atoms with Crippen LogP contribution in [0.1, 0.15) is 30.9 Å². The number of nitrogens with one attached hydrogen (secondary N) is 1. The predicted molar refractivity (Wildman–Crippen MR) is 113 cm³/mol. The first-order chi connectivity index (χ1) is 13.8. The minimum Gasteiger partial charge on any atom is -0.496 e. The molecule has 29 heavy (non-hydrogen) atoms. The molecule has 0 bridgehead atoms. The number of rotatable bonds is 6. The van der Waals surface area contributed by atoms with Crippen molar-refractivity contribution in [2.75, 3.05) is 19.5 Å². The zero-order valence-electron chi connectivity index (χ0n) is 17.3. The Hall–Kier alpha value is -3.35. The number of hydrogen-bond donors (Lipinski definition) is 1. The van der Waals surface area contributed by atoms with Gasteiger partial charge in [0, 0.05) is 5.69 Å². The van der Waals surface area contributed by atoms with Crippen LogP contribution in [0.5, 0.6) is 11.6 Å². The van der Waals surface area contributed by atoms with E-state index in [2.05, 4.69) is 24.3 Å². The average molecular weight is 395 g/mol. The molecule has 152 valence electrons. The van der Waals surface area contributed by atoms with E-state index < -0.39 is 0 Å². The van der Waals surface area contributed by atoms with E-state index in [-0.39, 0.29) is 23.9 Å². The van der Waals surface area contributed by atoms with Gasteiger partial charge in [0.2, 0.25) is 11.8 Å². The van der Waals surface area contributed by atoms with Crippen LogP contribution in [0.4, 0.5) is 5.69 Å². The van der Waals surface area contributed by atoms with Crippen LogP contribution in [0.3, 0.4) is 0 Å². The minimum atomic E-state index is -0.347. The van der Waals surface area contributed by atoms with Crippen molar-refractivity contribution in [2.45, 2.75) is 33.2 Å². The summed E-state index contributed by atoms with van der Waals surface area (Å²) in [6, 6.07) is 10.8. The normalized spacial score (nSPS) is 11.0. The number of aromatic nitrogens is 2. The second kappa shape index (κ2) is 8.34. The quantitative estimate of drug-likeness (QED) is 0.691. The Bertz CT molecular complexity index is 1120. The van der Waals surface area contributed by atoms with Crippen molar-refractivity contribution >= 4 is 22.4 Å². The molecule has 0 unspecified atom stereocenters. The van der Waals surface area contributed by atoms with E-state index in [0.717, 1.165) is 21.6 Å². The van der Waals surface area contributed by atoms with E-state index in [1.165, 1.54) is 7.11 Å². The fourth-order valence-electron chi connectivity index (χ4n) is 3.25. The molecule has 0 aliphatic carbocycles. The number of aryl methyl sites for hydroxylation is 1. The number of fused-ring (bicyclic) bond motifs is 1.